The van der Waals surface area contributed by atoms with Crippen molar-refractivity contribution >= 4 is 0 Å². The Balaban J connectivity index is 3.08. The zero-order chi connectivity index (χ0) is 12.3. The van der Waals surface area contributed by atoms with Gasteiger partial charge in [0.1, 0.15) is 17.7 Å². The van der Waals surface area contributed by atoms with Crippen LogP contribution in [0.3, 0.4) is 0 Å². The second-order valence-corrected chi connectivity index (χ2v) is 3.94. The first-order chi connectivity index (χ1) is 7.44. The standard InChI is InChI=1S/C12H16F2O2/c1-4-12(2,16-3)11(15)9-6-5-8(13)7-10(9)14/h5-7,11,15H,4H2,1-3H3. The molecule has 0 radical (unpaired) electrons. The van der Waals surface area contributed by atoms with Gasteiger partial charge in [-0.25, -0.2) is 8.78 Å². The molecule has 4 heteroatoms. The fourth-order valence-corrected chi connectivity index (χ4v) is 1.50. The molecule has 2 unspecified atom stereocenters. The van der Waals surface area contributed by atoms with Gasteiger partial charge in [0, 0.05) is 18.7 Å². The van der Waals surface area contributed by atoms with Crippen LogP contribution < -0.4 is 0 Å². The van der Waals surface area contributed by atoms with Gasteiger partial charge in [-0.15, -0.1) is 0 Å². The van der Waals surface area contributed by atoms with E-state index < -0.39 is 23.3 Å². The summed E-state index contributed by atoms with van der Waals surface area (Å²) < 4.78 is 31.3. The van der Waals surface area contributed by atoms with Crippen molar-refractivity contribution in [3.05, 3.63) is 35.4 Å². The molecular weight excluding hydrogens is 214 g/mol. The molecule has 0 aliphatic heterocycles. The van der Waals surface area contributed by atoms with Gasteiger partial charge in [-0.3, -0.25) is 0 Å². The van der Waals surface area contributed by atoms with Gasteiger partial charge in [0.25, 0.3) is 0 Å². The van der Waals surface area contributed by atoms with Gasteiger partial charge in [0.05, 0.1) is 5.60 Å². The Morgan fingerprint density at radius 3 is 2.50 bits per heavy atom. The number of halogens is 2. The third-order valence-corrected chi connectivity index (χ3v) is 3.00. The summed E-state index contributed by atoms with van der Waals surface area (Å²) in [7, 11) is 1.45. The van der Waals surface area contributed by atoms with Crippen LogP contribution in [0.2, 0.25) is 0 Å². The Hall–Kier alpha value is -1.00. The molecule has 1 aromatic rings. The molecule has 0 amide bonds. The largest absolute Gasteiger partial charge is 0.385 e. The molecular formula is C12H16F2O2. The summed E-state index contributed by atoms with van der Waals surface area (Å²) in [6.45, 7) is 3.51. The number of rotatable bonds is 4. The average Bonchev–Trinajstić information content (AvgIpc) is 2.27. The van der Waals surface area contributed by atoms with Crippen molar-refractivity contribution in [3.63, 3.8) is 0 Å². The lowest BCUT2D eigenvalue weighted by molar-refractivity contribution is -0.0955. The lowest BCUT2D eigenvalue weighted by Gasteiger charge is -2.32. The van der Waals surface area contributed by atoms with Crippen LogP contribution in [0.15, 0.2) is 18.2 Å². The van der Waals surface area contributed by atoms with E-state index in [1.165, 1.54) is 13.2 Å². The third kappa shape index (κ3) is 2.39. The molecule has 0 spiro atoms. The predicted molar refractivity (Wildman–Crippen MR) is 57.0 cm³/mol. The maximum Gasteiger partial charge on any atom is 0.132 e. The van der Waals surface area contributed by atoms with Crippen LogP contribution in [0.4, 0.5) is 8.78 Å². The first kappa shape index (κ1) is 13.1. The highest BCUT2D eigenvalue weighted by Crippen LogP contribution is 2.32. The molecule has 90 valence electrons. The molecule has 0 heterocycles. The number of benzene rings is 1. The molecule has 0 aliphatic carbocycles. The van der Waals surface area contributed by atoms with Crippen LogP contribution in [-0.2, 0) is 4.74 Å². The molecule has 0 bridgehead atoms. The predicted octanol–water partition coefficient (Wildman–Crippen LogP) is 2.81. The normalized spacial score (nSPS) is 16.9. The van der Waals surface area contributed by atoms with Crippen LogP contribution in [0.5, 0.6) is 0 Å². The minimum Gasteiger partial charge on any atom is -0.385 e. The van der Waals surface area contributed by atoms with E-state index in [0.717, 1.165) is 12.1 Å². The van der Waals surface area contributed by atoms with Gasteiger partial charge < -0.3 is 9.84 Å². The molecule has 1 aromatic carbocycles. The molecule has 1 rings (SSSR count). The molecule has 2 nitrogen and oxygen atoms in total. The molecule has 1 N–H and O–H groups in total. The lowest BCUT2D eigenvalue weighted by Crippen LogP contribution is -2.34. The molecule has 0 aliphatic rings. The van der Waals surface area contributed by atoms with Gasteiger partial charge in [-0.1, -0.05) is 13.0 Å². The maximum atomic E-state index is 13.4. The molecule has 0 fully saturated rings. The monoisotopic (exact) mass is 230 g/mol. The van der Waals surface area contributed by atoms with Crippen molar-refractivity contribution < 1.29 is 18.6 Å². The number of ether oxygens (including phenoxy) is 1. The summed E-state index contributed by atoms with van der Waals surface area (Å²) >= 11 is 0. The second kappa shape index (κ2) is 4.89. The number of aliphatic hydroxyl groups excluding tert-OH is 1. The lowest BCUT2D eigenvalue weighted by atomic mass is 9.90. The van der Waals surface area contributed by atoms with E-state index >= 15 is 0 Å². The summed E-state index contributed by atoms with van der Waals surface area (Å²) in [6.07, 6.45) is -0.607. The van der Waals surface area contributed by atoms with Crippen molar-refractivity contribution in [3.8, 4) is 0 Å². The highest BCUT2D eigenvalue weighted by atomic mass is 19.1. The van der Waals surface area contributed by atoms with Crippen LogP contribution >= 0.6 is 0 Å². The van der Waals surface area contributed by atoms with Gasteiger partial charge in [0.2, 0.25) is 0 Å². The van der Waals surface area contributed by atoms with Crippen LogP contribution in [0.25, 0.3) is 0 Å². The molecule has 16 heavy (non-hydrogen) atoms. The van der Waals surface area contributed by atoms with E-state index in [1.807, 2.05) is 6.92 Å². The Morgan fingerprint density at radius 1 is 1.44 bits per heavy atom. The fourth-order valence-electron chi connectivity index (χ4n) is 1.50. The van der Waals surface area contributed by atoms with Crippen LogP contribution in [0.1, 0.15) is 31.9 Å². The molecule has 2 atom stereocenters. The Morgan fingerprint density at radius 2 is 2.06 bits per heavy atom. The van der Waals surface area contributed by atoms with Crippen molar-refractivity contribution in [2.45, 2.75) is 32.0 Å². The van der Waals surface area contributed by atoms with E-state index in [9.17, 15) is 13.9 Å². The zero-order valence-electron chi connectivity index (χ0n) is 9.63. The number of aliphatic hydroxyl groups is 1. The Bertz CT molecular complexity index is 362. The van der Waals surface area contributed by atoms with Gasteiger partial charge in [0.15, 0.2) is 0 Å². The van der Waals surface area contributed by atoms with E-state index in [2.05, 4.69) is 0 Å². The smallest absolute Gasteiger partial charge is 0.132 e. The third-order valence-electron chi connectivity index (χ3n) is 3.00. The van der Waals surface area contributed by atoms with Crippen molar-refractivity contribution in [1.82, 2.24) is 0 Å². The summed E-state index contributed by atoms with van der Waals surface area (Å²) in [6, 6.07) is 3.11. The summed E-state index contributed by atoms with van der Waals surface area (Å²) in [5.74, 6) is -1.42. The first-order valence-corrected chi connectivity index (χ1v) is 5.12. The number of hydrogen-bond donors (Lipinski definition) is 1. The van der Waals surface area contributed by atoms with Gasteiger partial charge >= 0.3 is 0 Å². The second-order valence-electron chi connectivity index (χ2n) is 3.94. The number of hydrogen-bond acceptors (Lipinski definition) is 2. The minimum absolute atomic E-state index is 0.0487. The fraction of sp³-hybridized carbons (Fsp3) is 0.500. The zero-order valence-corrected chi connectivity index (χ0v) is 9.63. The topological polar surface area (TPSA) is 29.5 Å². The highest BCUT2D eigenvalue weighted by Gasteiger charge is 2.33. The highest BCUT2D eigenvalue weighted by molar-refractivity contribution is 5.23. The van der Waals surface area contributed by atoms with E-state index in [-0.39, 0.29) is 5.56 Å². The van der Waals surface area contributed by atoms with E-state index in [1.54, 1.807) is 6.92 Å². The molecule has 0 saturated carbocycles. The van der Waals surface area contributed by atoms with E-state index in [4.69, 9.17) is 4.74 Å². The Labute approximate surface area is 93.9 Å². The van der Waals surface area contributed by atoms with Crippen LogP contribution in [-0.4, -0.2) is 17.8 Å². The molecule has 0 saturated heterocycles. The van der Waals surface area contributed by atoms with Crippen molar-refractivity contribution in [2.24, 2.45) is 0 Å². The first-order valence-electron chi connectivity index (χ1n) is 5.12. The quantitative estimate of drug-likeness (QED) is 0.861. The van der Waals surface area contributed by atoms with E-state index in [0.29, 0.717) is 6.42 Å². The summed E-state index contributed by atoms with van der Waals surface area (Å²) in [5, 5.41) is 10.0. The van der Waals surface area contributed by atoms with Gasteiger partial charge in [-0.05, 0) is 19.4 Å². The van der Waals surface area contributed by atoms with Crippen molar-refractivity contribution in [2.75, 3.05) is 7.11 Å². The molecule has 0 aromatic heterocycles. The Kier molecular flexibility index (Phi) is 3.99. The summed E-state index contributed by atoms with van der Waals surface area (Å²) in [5.41, 5.74) is -0.828. The SMILES string of the molecule is CCC(C)(OC)C(O)c1ccc(F)cc1F. The van der Waals surface area contributed by atoms with Crippen molar-refractivity contribution in [1.29, 1.82) is 0 Å². The van der Waals surface area contributed by atoms with Crippen LogP contribution in [0, 0.1) is 11.6 Å². The van der Waals surface area contributed by atoms with Gasteiger partial charge in [-0.2, -0.15) is 0 Å². The minimum atomic E-state index is -1.12. The maximum absolute atomic E-state index is 13.4. The summed E-state index contributed by atoms with van der Waals surface area (Å²) in [4.78, 5) is 0. The average molecular weight is 230 g/mol. The number of methoxy groups -OCH3 is 1.